The summed E-state index contributed by atoms with van der Waals surface area (Å²) in [7, 11) is 1.66. The van der Waals surface area contributed by atoms with Crippen LogP contribution < -0.4 is 10.1 Å². The second kappa shape index (κ2) is 5.84. The van der Waals surface area contributed by atoms with E-state index in [0.717, 1.165) is 29.1 Å². The van der Waals surface area contributed by atoms with Crippen molar-refractivity contribution in [2.24, 2.45) is 17.8 Å². The molecule has 0 amide bonds. The molecule has 2 aromatic rings. The fourth-order valence-electron chi connectivity index (χ4n) is 5.86. The molecule has 0 unspecified atom stereocenters. The van der Waals surface area contributed by atoms with E-state index in [-0.39, 0.29) is 0 Å². The van der Waals surface area contributed by atoms with Crippen molar-refractivity contribution >= 4 is 0 Å². The highest BCUT2D eigenvalue weighted by Gasteiger charge is 2.50. The molecule has 1 aromatic heterocycles. The van der Waals surface area contributed by atoms with Crippen LogP contribution in [0.15, 0.2) is 28.8 Å². The highest BCUT2D eigenvalue weighted by atomic mass is 16.5. The Hall–Kier alpha value is -1.88. The Kier molecular flexibility index (Phi) is 3.59. The van der Waals surface area contributed by atoms with Gasteiger partial charge < -0.3 is 14.6 Å². The van der Waals surface area contributed by atoms with E-state index in [2.05, 4.69) is 15.5 Å². The van der Waals surface area contributed by atoms with Crippen molar-refractivity contribution in [3.8, 4) is 17.1 Å². The molecule has 1 aromatic carbocycles. The van der Waals surface area contributed by atoms with Crippen molar-refractivity contribution < 1.29 is 9.26 Å². The Labute approximate surface area is 148 Å². The highest BCUT2D eigenvalue weighted by molar-refractivity contribution is 5.63. The Bertz CT molecular complexity index is 735. The van der Waals surface area contributed by atoms with Crippen molar-refractivity contribution in [1.29, 1.82) is 0 Å². The van der Waals surface area contributed by atoms with Gasteiger partial charge in [0.25, 0.3) is 0 Å². The van der Waals surface area contributed by atoms with Crippen LogP contribution in [0.5, 0.6) is 5.75 Å². The third kappa shape index (κ3) is 2.74. The van der Waals surface area contributed by atoms with Gasteiger partial charge in [0.2, 0.25) is 11.7 Å². The number of para-hydroxylation sites is 1. The lowest BCUT2D eigenvalue weighted by molar-refractivity contribution is -0.0217. The molecule has 0 aliphatic heterocycles. The first-order chi connectivity index (χ1) is 12.2. The molecule has 0 radical (unpaired) electrons. The molecule has 0 spiro atoms. The maximum atomic E-state index is 5.50. The molecular formula is C20H25N3O2. The van der Waals surface area contributed by atoms with Crippen molar-refractivity contribution in [3.63, 3.8) is 0 Å². The Morgan fingerprint density at radius 1 is 1.12 bits per heavy atom. The van der Waals surface area contributed by atoms with Gasteiger partial charge in [0.05, 0.1) is 19.2 Å². The van der Waals surface area contributed by atoms with Crippen molar-refractivity contribution in [2.45, 2.75) is 50.6 Å². The summed E-state index contributed by atoms with van der Waals surface area (Å²) >= 11 is 0. The molecular weight excluding hydrogens is 314 g/mol. The van der Waals surface area contributed by atoms with Crippen LogP contribution in [0.3, 0.4) is 0 Å². The van der Waals surface area contributed by atoms with E-state index in [1.807, 2.05) is 24.3 Å². The smallest absolute Gasteiger partial charge is 0.240 e. The SMILES string of the molecule is COc1ccccc1-c1noc(CNC23CC4CC(CC(C4)C2)C3)n1. The third-order valence-corrected chi connectivity index (χ3v) is 6.47. The lowest BCUT2D eigenvalue weighted by Crippen LogP contribution is -2.58. The summed E-state index contributed by atoms with van der Waals surface area (Å²) in [6.07, 6.45) is 8.35. The van der Waals surface area contributed by atoms with Crippen LogP contribution in [-0.2, 0) is 6.54 Å². The zero-order chi connectivity index (χ0) is 16.9. The first-order valence-electron chi connectivity index (χ1n) is 9.44. The lowest BCUT2D eigenvalue weighted by Gasteiger charge is -2.57. The van der Waals surface area contributed by atoms with Gasteiger partial charge in [0.15, 0.2) is 0 Å². The Balaban J connectivity index is 1.31. The second-order valence-electron chi connectivity index (χ2n) is 8.26. The minimum Gasteiger partial charge on any atom is -0.496 e. The first kappa shape index (κ1) is 15.4. The highest BCUT2D eigenvalue weighted by Crippen LogP contribution is 2.55. The molecule has 25 heavy (non-hydrogen) atoms. The van der Waals surface area contributed by atoms with Crippen molar-refractivity contribution in [2.75, 3.05) is 7.11 Å². The fraction of sp³-hybridized carbons (Fsp3) is 0.600. The average Bonchev–Trinajstić information content (AvgIpc) is 3.08. The molecule has 5 heteroatoms. The number of hydrogen-bond donors (Lipinski definition) is 1. The molecule has 132 valence electrons. The fourth-order valence-corrected chi connectivity index (χ4v) is 5.86. The van der Waals surface area contributed by atoms with E-state index < -0.39 is 0 Å². The van der Waals surface area contributed by atoms with Crippen LogP contribution in [0.1, 0.15) is 44.4 Å². The van der Waals surface area contributed by atoms with E-state index >= 15 is 0 Å². The van der Waals surface area contributed by atoms with Crippen LogP contribution in [0, 0.1) is 17.8 Å². The molecule has 4 aliphatic rings. The van der Waals surface area contributed by atoms with E-state index in [4.69, 9.17) is 9.26 Å². The predicted octanol–water partition coefficient (Wildman–Crippen LogP) is 3.80. The predicted molar refractivity (Wildman–Crippen MR) is 94.0 cm³/mol. The summed E-state index contributed by atoms with van der Waals surface area (Å²) in [4.78, 5) is 4.59. The van der Waals surface area contributed by atoms with Crippen LogP contribution >= 0.6 is 0 Å². The molecule has 6 rings (SSSR count). The second-order valence-corrected chi connectivity index (χ2v) is 8.26. The maximum absolute atomic E-state index is 5.50. The van der Waals surface area contributed by atoms with Gasteiger partial charge in [-0.05, 0) is 68.4 Å². The van der Waals surface area contributed by atoms with Gasteiger partial charge in [-0.15, -0.1) is 0 Å². The summed E-state index contributed by atoms with van der Waals surface area (Å²) < 4.78 is 10.9. The van der Waals surface area contributed by atoms with Gasteiger partial charge >= 0.3 is 0 Å². The van der Waals surface area contributed by atoms with Gasteiger partial charge in [-0.2, -0.15) is 4.98 Å². The molecule has 1 N–H and O–H groups in total. The topological polar surface area (TPSA) is 60.2 Å². The number of methoxy groups -OCH3 is 1. The molecule has 4 fully saturated rings. The largest absolute Gasteiger partial charge is 0.496 e. The quantitative estimate of drug-likeness (QED) is 0.898. The molecule has 0 saturated heterocycles. The van der Waals surface area contributed by atoms with Gasteiger partial charge in [-0.1, -0.05) is 17.3 Å². The Morgan fingerprint density at radius 2 is 1.80 bits per heavy atom. The molecule has 0 atom stereocenters. The van der Waals surface area contributed by atoms with Gasteiger partial charge in [-0.3, -0.25) is 0 Å². The van der Waals surface area contributed by atoms with Gasteiger partial charge in [-0.25, -0.2) is 0 Å². The summed E-state index contributed by atoms with van der Waals surface area (Å²) in [5.74, 6) is 4.84. The number of benzene rings is 1. The van der Waals surface area contributed by atoms with Crippen LogP contribution in [0.2, 0.25) is 0 Å². The number of nitrogens with zero attached hydrogens (tertiary/aromatic N) is 2. The van der Waals surface area contributed by atoms with E-state index in [1.165, 1.54) is 38.5 Å². The first-order valence-corrected chi connectivity index (χ1v) is 9.44. The van der Waals surface area contributed by atoms with Crippen LogP contribution in [0.4, 0.5) is 0 Å². The van der Waals surface area contributed by atoms with Crippen molar-refractivity contribution in [3.05, 3.63) is 30.2 Å². The van der Waals surface area contributed by atoms with E-state index in [1.54, 1.807) is 7.11 Å². The van der Waals surface area contributed by atoms with Crippen LogP contribution in [-0.4, -0.2) is 22.8 Å². The summed E-state index contributed by atoms with van der Waals surface area (Å²) in [6, 6.07) is 7.78. The third-order valence-electron chi connectivity index (χ3n) is 6.47. The number of ether oxygens (including phenoxy) is 1. The minimum absolute atomic E-state index is 0.313. The molecule has 1 heterocycles. The number of nitrogens with one attached hydrogen (secondary N) is 1. The summed E-state index contributed by atoms with van der Waals surface area (Å²) in [5, 5.41) is 7.96. The standard InChI is InChI=1S/C20H25N3O2/c1-24-17-5-3-2-4-16(17)19-22-18(25-23-19)12-21-20-9-13-6-14(10-20)8-15(7-13)11-20/h2-5,13-15,21H,6-12H2,1H3. The van der Waals surface area contributed by atoms with E-state index in [0.29, 0.717) is 23.8 Å². The molecule has 4 saturated carbocycles. The molecule has 4 bridgehead atoms. The van der Waals surface area contributed by atoms with Crippen LogP contribution in [0.25, 0.3) is 11.4 Å². The zero-order valence-corrected chi connectivity index (χ0v) is 14.7. The minimum atomic E-state index is 0.313. The monoisotopic (exact) mass is 339 g/mol. The summed E-state index contributed by atoms with van der Waals surface area (Å²) in [6.45, 7) is 0.661. The van der Waals surface area contributed by atoms with E-state index in [9.17, 15) is 0 Å². The average molecular weight is 339 g/mol. The molecule has 5 nitrogen and oxygen atoms in total. The number of hydrogen-bond acceptors (Lipinski definition) is 5. The van der Waals surface area contributed by atoms with Gasteiger partial charge in [0.1, 0.15) is 5.75 Å². The lowest BCUT2D eigenvalue weighted by atomic mass is 9.53. The molecule has 4 aliphatic carbocycles. The summed E-state index contributed by atoms with van der Waals surface area (Å²) in [5.41, 5.74) is 1.18. The van der Waals surface area contributed by atoms with Gasteiger partial charge in [0, 0.05) is 5.54 Å². The maximum Gasteiger partial charge on any atom is 0.240 e. The zero-order valence-electron chi connectivity index (χ0n) is 14.7. The normalized spacial score (nSPS) is 32.9. The number of aromatic nitrogens is 2. The Morgan fingerprint density at radius 3 is 2.48 bits per heavy atom. The van der Waals surface area contributed by atoms with Crippen molar-refractivity contribution in [1.82, 2.24) is 15.5 Å². The number of rotatable bonds is 5.